The summed E-state index contributed by atoms with van der Waals surface area (Å²) < 4.78 is 41.7. The molecule has 20 heteroatoms. The van der Waals surface area contributed by atoms with Gasteiger partial charge in [0.25, 0.3) is 17.4 Å². The Balaban J connectivity index is 1.32. The molecule has 3 heterocycles. The summed E-state index contributed by atoms with van der Waals surface area (Å²) in [7, 11) is -5.03. The average Bonchev–Trinajstić information content (AvgIpc) is 3.44. The molecule has 260 valence electrons. The van der Waals surface area contributed by atoms with Gasteiger partial charge in [-0.2, -0.15) is 13.5 Å². The Kier molecular flexibility index (Phi) is 9.40. The van der Waals surface area contributed by atoms with E-state index >= 15 is 0 Å². The van der Waals surface area contributed by atoms with Crippen molar-refractivity contribution in [1.29, 1.82) is 5.41 Å². The van der Waals surface area contributed by atoms with Crippen molar-refractivity contribution in [3.8, 4) is 5.75 Å². The second kappa shape index (κ2) is 12.9. The van der Waals surface area contributed by atoms with Gasteiger partial charge in [0.05, 0.1) is 5.54 Å². The number of fused-ring (bicyclic) bond motifs is 1. The second-order valence-corrected chi connectivity index (χ2v) is 14.4. The van der Waals surface area contributed by atoms with E-state index < -0.39 is 57.2 Å². The van der Waals surface area contributed by atoms with E-state index in [2.05, 4.69) is 25.1 Å². The molecular weight excluding hydrogens is 672 g/mol. The van der Waals surface area contributed by atoms with Crippen LogP contribution < -0.4 is 26.8 Å². The van der Waals surface area contributed by atoms with Crippen molar-refractivity contribution in [3.05, 3.63) is 40.4 Å². The first-order chi connectivity index (χ1) is 22.4. The highest BCUT2D eigenvalue weighted by molar-refractivity contribution is 7.80. The van der Waals surface area contributed by atoms with E-state index in [9.17, 15) is 27.9 Å². The number of carbonyl (C=O) groups is 3. The van der Waals surface area contributed by atoms with E-state index in [4.69, 9.17) is 31.0 Å². The normalized spacial score (nSPS) is 24.6. The number of carboxylic acid groups (broad SMARTS) is 1. The predicted molar refractivity (Wildman–Crippen MR) is 170 cm³/mol. The molecule has 3 unspecified atom stereocenters. The van der Waals surface area contributed by atoms with Crippen molar-refractivity contribution in [2.45, 2.75) is 75.8 Å². The molecule has 0 radical (unpaired) electrons. The van der Waals surface area contributed by atoms with Crippen LogP contribution in [0.2, 0.25) is 0 Å². The molecule has 2 fully saturated rings. The van der Waals surface area contributed by atoms with Crippen LogP contribution in [0, 0.1) is 11.3 Å². The van der Waals surface area contributed by atoms with Gasteiger partial charge in [-0.05, 0) is 82.7 Å². The van der Waals surface area contributed by atoms with Gasteiger partial charge in [-0.25, -0.2) is 9.78 Å². The third-order valence-corrected chi connectivity index (χ3v) is 9.69. The largest absolute Gasteiger partial charge is 0.485 e. The molecule has 3 aliphatic rings. The Bertz CT molecular complexity index is 1770. The molecule has 1 aliphatic carbocycles. The molecule has 3 atom stereocenters. The summed E-state index contributed by atoms with van der Waals surface area (Å²) in [5.74, 6) is -2.32. The summed E-state index contributed by atoms with van der Waals surface area (Å²) in [6.45, 7) is 4.60. The number of carboxylic acids is 1. The van der Waals surface area contributed by atoms with Gasteiger partial charge in [0.15, 0.2) is 16.9 Å². The van der Waals surface area contributed by atoms with Crippen molar-refractivity contribution >= 4 is 56.2 Å². The zero-order valence-electron chi connectivity index (χ0n) is 26.1. The Morgan fingerprint density at radius 1 is 1.31 bits per heavy atom. The van der Waals surface area contributed by atoms with E-state index in [0.29, 0.717) is 35.3 Å². The van der Waals surface area contributed by atoms with Gasteiger partial charge in [0, 0.05) is 17.0 Å². The van der Waals surface area contributed by atoms with E-state index in [1.165, 1.54) is 26.2 Å². The molecule has 48 heavy (non-hydrogen) atoms. The van der Waals surface area contributed by atoms with Crippen LogP contribution in [0.25, 0.3) is 0 Å². The lowest BCUT2D eigenvalue weighted by molar-refractivity contribution is -0.218. The monoisotopic (exact) mass is 708 g/mol. The Hall–Kier alpha value is -4.37. The lowest BCUT2D eigenvalue weighted by Crippen LogP contribution is -2.76. The smallest absolute Gasteiger partial charge is 0.418 e. The van der Waals surface area contributed by atoms with Crippen molar-refractivity contribution in [2.75, 3.05) is 12.3 Å². The maximum absolute atomic E-state index is 13.4. The number of hydrogen-bond donors (Lipinski definition) is 7. The van der Waals surface area contributed by atoms with E-state index in [0.717, 1.165) is 29.7 Å². The molecular formula is C28H36N8O10S2. The number of carbonyl (C=O) groups excluding carboxylic acids is 2. The van der Waals surface area contributed by atoms with Crippen LogP contribution in [0.3, 0.4) is 0 Å². The number of rotatable bonds is 12. The summed E-state index contributed by atoms with van der Waals surface area (Å²) in [6, 6.07) is 4.03. The number of benzene rings is 1. The number of hydroxylamine groups is 2. The molecule has 0 spiro atoms. The Labute approximate surface area is 279 Å². The summed E-state index contributed by atoms with van der Waals surface area (Å²) in [4.78, 5) is 48.3. The number of β-lactam (4-membered cyclic amide) rings is 1. The fourth-order valence-corrected chi connectivity index (χ4v) is 6.66. The number of amides is 2. The number of nitrogens with zero attached hydrogens (tertiary/aromatic N) is 3. The van der Waals surface area contributed by atoms with E-state index in [-0.39, 0.29) is 29.1 Å². The topological polar surface area (TPSA) is 282 Å². The molecule has 0 bridgehead atoms. The van der Waals surface area contributed by atoms with Gasteiger partial charge in [-0.1, -0.05) is 5.16 Å². The summed E-state index contributed by atoms with van der Waals surface area (Å²) >= 11 is 0.963. The quantitative estimate of drug-likeness (QED) is 0.0509. The number of amidine groups is 1. The van der Waals surface area contributed by atoms with Gasteiger partial charge >= 0.3 is 16.4 Å². The minimum atomic E-state index is -5.03. The van der Waals surface area contributed by atoms with Crippen molar-refractivity contribution in [2.24, 2.45) is 16.8 Å². The minimum absolute atomic E-state index is 0.0570. The molecule has 1 saturated carbocycles. The highest BCUT2D eigenvalue weighted by Crippen LogP contribution is 2.36. The van der Waals surface area contributed by atoms with Crippen molar-refractivity contribution in [1.82, 2.24) is 20.7 Å². The maximum atomic E-state index is 13.4. The lowest BCUT2D eigenvalue weighted by atomic mass is 9.80. The number of ether oxygens (including phenoxy) is 1. The number of thiazole rings is 1. The van der Waals surface area contributed by atoms with Gasteiger partial charge in [0.1, 0.15) is 23.3 Å². The number of aryl methyl sites for hydroxylation is 1. The van der Waals surface area contributed by atoms with Crippen LogP contribution in [0.1, 0.15) is 56.9 Å². The van der Waals surface area contributed by atoms with Crippen LogP contribution in [-0.2, 0) is 40.3 Å². The molecule has 2 amide bonds. The van der Waals surface area contributed by atoms with Crippen LogP contribution in [-0.4, -0.2) is 93.3 Å². The molecule has 9 N–H and O–H groups in total. The first-order valence-corrected chi connectivity index (χ1v) is 17.1. The molecule has 1 saturated heterocycles. The molecule has 5 rings (SSSR count). The number of anilines is 1. The maximum Gasteiger partial charge on any atom is 0.418 e. The number of hydrogen-bond acceptors (Lipinski definition) is 14. The van der Waals surface area contributed by atoms with Crippen molar-refractivity contribution in [3.63, 3.8) is 0 Å². The number of aromatic nitrogens is 1. The average molecular weight is 709 g/mol. The van der Waals surface area contributed by atoms with Crippen LogP contribution in [0.15, 0.2) is 28.7 Å². The Morgan fingerprint density at radius 2 is 2.02 bits per heavy atom. The lowest BCUT2D eigenvalue weighted by Gasteiger charge is -2.50. The number of oxime groups is 1. The highest BCUT2D eigenvalue weighted by Gasteiger charge is 2.58. The predicted octanol–water partition coefficient (Wildman–Crippen LogP) is 0.175. The Morgan fingerprint density at radius 3 is 2.60 bits per heavy atom. The third kappa shape index (κ3) is 6.92. The van der Waals surface area contributed by atoms with Crippen LogP contribution in [0.4, 0.5) is 5.13 Å². The SMILES string of the molecule is CC(ON=C(C(=O)NC1C(=O)N(OS(=O)(=O)O)C1(C)C)c1csc(N)n1)(C(=O)O)C1CCc2cc(C(=N)NC3CC(CN)C3)ccc2O1. The van der Waals surface area contributed by atoms with E-state index in [1.807, 2.05) is 6.07 Å². The molecule has 1 aromatic carbocycles. The molecule has 18 nitrogen and oxygen atoms in total. The van der Waals surface area contributed by atoms with Crippen LogP contribution >= 0.6 is 11.3 Å². The number of aliphatic carboxylic acids is 1. The fraction of sp³-hybridized carbons (Fsp3) is 0.500. The van der Waals surface area contributed by atoms with Gasteiger partial charge in [0.2, 0.25) is 0 Å². The summed E-state index contributed by atoms with van der Waals surface area (Å²) in [5.41, 5.74) is 8.72. The van der Waals surface area contributed by atoms with Gasteiger partial charge in [-0.15, -0.1) is 15.6 Å². The molecule has 2 aliphatic heterocycles. The first kappa shape index (κ1) is 35.0. The first-order valence-electron chi connectivity index (χ1n) is 14.8. The zero-order chi connectivity index (χ0) is 35.2. The third-order valence-electron chi connectivity index (χ3n) is 8.68. The van der Waals surface area contributed by atoms with Crippen LogP contribution in [0.5, 0.6) is 5.75 Å². The number of nitrogens with one attached hydrogen (secondary N) is 3. The second-order valence-electron chi connectivity index (χ2n) is 12.5. The number of nitrogen functional groups attached to an aromatic ring is 1. The fourth-order valence-electron chi connectivity index (χ4n) is 5.66. The number of nitrogens with two attached hydrogens (primary N) is 2. The van der Waals surface area contributed by atoms with Crippen molar-refractivity contribution < 1.29 is 46.3 Å². The molecule has 2 aromatic rings. The van der Waals surface area contributed by atoms with Gasteiger partial charge in [-0.3, -0.25) is 19.6 Å². The highest BCUT2D eigenvalue weighted by atomic mass is 32.3. The summed E-state index contributed by atoms with van der Waals surface area (Å²) in [5, 5.41) is 30.0. The van der Waals surface area contributed by atoms with Gasteiger partial charge < -0.3 is 36.8 Å². The molecule has 1 aromatic heterocycles. The minimum Gasteiger partial charge on any atom is -0.485 e. The summed E-state index contributed by atoms with van der Waals surface area (Å²) in [6.07, 6.45) is 1.33. The zero-order valence-corrected chi connectivity index (χ0v) is 27.8. The standard InChI is InChI=1S/C28H36N8O10S2/c1-27(2)21(24(38)36(27)46-48(41,42)43)34-23(37)20(17-12-47-26(31)33-17)35-45-28(3,25(39)40)19-7-5-14-10-15(4-6-18(14)44-19)22(30)32-16-8-13(9-16)11-29/h4,6,10,12-13,16,19,21H,5,7-9,11,29H2,1-3H3,(H2,30,32)(H2,31,33)(H,34,37)(H,39,40)(H,41,42,43). The van der Waals surface area contributed by atoms with E-state index in [1.54, 1.807) is 12.1 Å².